The summed E-state index contributed by atoms with van der Waals surface area (Å²) in [5.74, 6) is 2.13. The number of benzene rings is 2. The van der Waals surface area contributed by atoms with Crippen LogP contribution < -0.4 is 15.0 Å². The number of methoxy groups -OCH3 is 1. The monoisotopic (exact) mass is 383 g/mol. The van der Waals surface area contributed by atoms with Crippen molar-refractivity contribution >= 4 is 23.0 Å². The summed E-state index contributed by atoms with van der Waals surface area (Å²) in [6, 6.07) is 24.0. The van der Waals surface area contributed by atoms with Crippen molar-refractivity contribution < 1.29 is 4.74 Å². The molecule has 0 radical (unpaired) electrons. The number of ether oxygens (including phenoxy) is 1. The van der Waals surface area contributed by atoms with Crippen molar-refractivity contribution in [1.82, 2.24) is 15.0 Å². The molecule has 0 aliphatic rings. The number of aromatic nitrogens is 3. The van der Waals surface area contributed by atoms with Gasteiger partial charge in [0.25, 0.3) is 0 Å². The lowest BCUT2D eigenvalue weighted by Crippen LogP contribution is -2.11. The van der Waals surface area contributed by atoms with Gasteiger partial charge in [-0.25, -0.2) is 15.0 Å². The number of nitrogens with one attached hydrogen (secondary N) is 1. The first-order valence-corrected chi connectivity index (χ1v) is 9.21. The predicted octanol–water partition coefficient (Wildman–Crippen LogP) is 5.06. The van der Waals surface area contributed by atoms with Gasteiger partial charge in [-0.05, 0) is 35.9 Å². The van der Waals surface area contributed by atoms with Gasteiger partial charge in [0.1, 0.15) is 18.0 Å². The van der Waals surface area contributed by atoms with Gasteiger partial charge in [-0.1, -0.05) is 30.3 Å². The molecule has 0 fully saturated rings. The van der Waals surface area contributed by atoms with Crippen LogP contribution in [-0.2, 0) is 0 Å². The van der Waals surface area contributed by atoms with E-state index < -0.39 is 0 Å². The Morgan fingerprint density at radius 1 is 0.828 bits per heavy atom. The molecule has 0 unspecified atom stereocenters. The van der Waals surface area contributed by atoms with Crippen molar-refractivity contribution in [3.63, 3.8) is 0 Å². The van der Waals surface area contributed by atoms with E-state index in [1.54, 1.807) is 19.6 Å². The highest BCUT2D eigenvalue weighted by atomic mass is 16.5. The number of nitrogens with zero attached hydrogens (tertiary/aromatic N) is 4. The average Bonchev–Trinajstić information content (AvgIpc) is 2.79. The van der Waals surface area contributed by atoms with Gasteiger partial charge < -0.3 is 15.0 Å². The SMILES string of the molecule is COc1ccc(-c2cccc(Nc3cc(N(C)c4ccccc4)ncn3)c2)cn1. The molecular formula is C23H21N5O. The van der Waals surface area contributed by atoms with E-state index in [1.807, 2.05) is 78.7 Å². The van der Waals surface area contributed by atoms with Gasteiger partial charge in [-0.2, -0.15) is 0 Å². The Labute approximate surface area is 169 Å². The second-order valence-corrected chi connectivity index (χ2v) is 6.45. The van der Waals surface area contributed by atoms with Crippen LogP contribution in [0.25, 0.3) is 11.1 Å². The van der Waals surface area contributed by atoms with Crippen molar-refractivity contribution in [1.29, 1.82) is 0 Å². The van der Waals surface area contributed by atoms with Crippen LogP contribution in [0.5, 0.6) is 5.88 Å². The van der Waals surface area contributed by atoms with Gasteiger partial charge in [0.05, 0.1) is 7.11 Å². The topological polar surface area (TPSA) is 63.2 Å². The fourth-order valence-electron chi connectivity index (χ4n) is 2.98. The van der Waals surface area contributed by atoms with Crippen LogP contribution in [-0.4, -0.2) is 29.1 Å². The molecule has 1 N–H and O–H groups in total. The largest absolute Gasteiger partial charge is 0.481 e. The van der Waals surface area contributed by atoms with E-state index in [1.165, 1.54) is 0 Å². The lowest BCUT2D eigenvalue weighted by Gasteiger charge is -2.18. The highest BCUT2D eigenvalue weighted by Gasteiger charge is 2.07. The molecule has 0 saturated heterocycles. The molecule has 0 atom stereocenters. The molecule has 29 heavy (non-hydrogen) atoms. The highest BCUT2D eigenvalue weighted by Crippen LogP contribution is 2.27. The summed E-state index contributed by atoms with van der Waals surface area (Å²) in [4.78, 5) is 15.0. The van der Waals surface area contributed by atoms with E-state index in [2.05, 4.69) is 26.3 Å². The predicted molar refractivity (Wildman–Crippen MR) is 116 cm³/mol. The van der Waals surface area contributed by atoms with Crippen molar-refractivity contribution in [3.05, 3.63) is 85.3 Å². The summed E-state index contributed by atoms with van der Waals surface area (Å²) in [5, 5.41) is 3.36. The van der Waals surface area contributed by atoms with Gasteiger partial charge >= 0.3 is 0 Å². The third kappa shape index (κ3) is 4.32. The number of rotatable bonds is 6. The van der Waals surface area contributed by atoms with Crippen molar-refractivity contribution in [2.45, 2.75) is 0 Å². The first-order valence-electron chi connectivity index (χ1n) is 9.21. The molecule has 6 nitrogen and oxygen atoms in total. The maximum Gasteiger partial charge on any atom is 0.212 e. The smallest absolute Gasteiger partial charge is 0.212 e. The zero-order valence-corrected chi connectivity index (χ0v) is 16.3. The molecule has 0 bridgehead atoms. The normalized spacial score (nSPS) is 10.4. The van der Waals surface area contributed by atoms with Crippen LogP contribution >= 0.6 is 0 Å². The second kappa shape index (κ2) is 8.39. The lowest BCUT2D eigenvalue weighted by atomic mass is 10.1. The number of pyridine rings is 1. The molecule has 144 valence electrons. The average molecular weight is 383 g/mol. The van der Waals surface area contributed by atoms with Crippen LogP contribution in [0.15, 0.2) is 85.3 Å². The Hall–Kier alpha value is -3.93. The second-order valence-electron chi connectivity index (χ2n) is 6.45. The van der Waals surface area contributed by atoms with E-state index >= 15 is 0 Å². The molecule has 2 aromatic heterocycles. The molecule has 4 aromatic rings. The fourth-order valence-corrected chi connectivity index (χ4v) is 2.98. The number of anilines is 4. The summed E-state index contributed by atoms with van der Waals surface area (Å²) in [6.07, 6.45) is 3.36. The quantitative estimate of drug-likeness (QED) is 0.502. The van der Waals surface area contributed by atoms with E-state index in [-0.39, 0.29) is 0 Å². The molecule has 2 heterocycles. The van der Waals surface area contributed by atoms with Gasteiger partial charge in [0, 0.05) is 42.3 Å². The first kappa shape index (κ1) is 18.4. The standard InChI is InChI=1S/C23H21N5O/c1-28(20-9-4-3-5-10-20)22-14-21(25-16-26-22)27-19-8-6-7-17(13-19)18-11-12-23(29-2)24-15-18/h3-16H,1-2H3,(H,25,26,27). The van der Waals surface area contributed by atoms with Gasteiger partial charge in [0.2, 0.25) is 5.88 Å². The summed E-state index contributed by atoms with van der Waals surface area (Å²) < 4.78 is 5.13. The molecule has 6 heteroatoms. The lowest BCUT2D eigenvalue weighted by molar-refractivity contribution is 0.398. The Balaban J connectivity index is 1.55. The maximum atomic E-state index is 5.13. The van der Waals surface area contributed by atoms with Crippen molar-refractivity contribution in [3.8, 4) is 17.0 Å². The van der Waals surface area contributed by atoms with Crippen molar-refractivity contribution in [2.75, 3.05) is 24.4 Å². The molecule has 2 aromatic carbocycles. The highest BCUT2D eigenvalue weighted by molar-refractivity contribution is 5.71. The first-order chi connectivity index (χ1) is 14.2. The number of para-hydroxylation sites is 1. The van der Waals surface area contributed by atoms with Gasteiger partial charge in [-0.15, -0.1) is 0 Å². The van der Waals surface area contributed by atoms with E-state index in [4.69, 9.17) is 4.74 Å². The van der Waals surface area contributed by atoms with E-state index in [0.29, 0.717) is 5.88 Å². The summed E-state index contributed by atoms with van der Waals surface area (Å²) >= 11 is 0. The third-order valence-corrected chi connectivity index (χ3v) is 4.55. The van der Waals surface area contributed by atoms with Gasteiger partial charge in [-0.3, -0.25) is 0 Å². The molecule has 0 amide bonds. The molecule has 4 rings (SSSR count). The minimum Gasteiger partial charge on any atom is -0.481 e. The summed E-state index contributed by atoms with van der Waals surface area (Å²) in [6.45, 7) is 0. The molecule has 0 spiro atoms. The Morgan fingerprint density at radius 2 is 1.69 bits per heavy atom. The third-order valence-electron chi connectivity index (χ3n) is 4.55. The molecular weight excluding hydrogens is 362 g/mol. The van der Waals surface area contributed by atoms with E-state index in [9.17, 15) is 0 Å². The van der Waals surface area contributed by atoms with E-state index in [0.717, 1.165) is 34.1 Å². The summed E-state index contributed by atoms with van der Waals surface area (Å²) in [7, 11) is 3.59. The number of hydrogen-bond acceptors (Lipinski definition) is 6. The van der Waals surface area contributed by atoms with Crippen LogP contribution in [0.1, 0.15) is 0 Å². The Kier molecular flexibility index (Phi) is 5.33. The Bertz CT molecular complexity index is 1080. The Morgan fingerprint density at radius 3 is 2.45 bits per heavy atom. The maximum absolute atomic E-state index is 5.13. The zero-order chi connectivity index (χ0) is 20.1. The van der Waals surface area contributed by atoms with Crippen LogP contribution in [0.3, 0.4) is 0 Å². The zero-order valence-electron chi connectivity index (χ0n) is 16.3. The minimum absolute atomic E-state index is 0.596. The minimum atomic E-state index is 0.596. The molecule has 0 saturated carbocycles. The van der Waals surface area contributed by atoms with Crippen LogP contribution in [0.4, 0.5) is 23.0 Å². The number of hydrogen-bond donors (Lipinski definition) is 1. The summed E-state index contributed by atoms with van der Waals surface area (Å²) in [5.41, 5.74) is 4.07. The van der Waals surface area contributed by atoms with Gasteiger partial charge in [0.15, 0.2) is 0 Å². The fraction of sp³-hybridized carbons (Fsp3) is 0.0870. The van der Waals surface area contributed by atoms with Crippen LogP contribution in [0, 0.1) is 0 Å². The molecule has 0 aliphatic carbocycles. The van der Waals surface area contributed by atoms with Crippen molar-refractivity contribution in [2.24, 2.45) is 0 Å². The molecule has 0 aliphatic heterocycles. The van der Waals surface area contributed by atoms with Crippen LogP contribution in [0.2, 0.25) is 0 Å².